The minimum absolute atomic E-state index is 0.104. The van der Waals surface area contributed by atoms with Gasteiger partial charge in [0.25, 0.3) is 5.91 Å². The Kier molecular flexibility index (Phi) is 5.62. The minimum atomic E-state index is -0.225. The number of benzene rings is 2. The molecule has 1 amide bonds. The highest BCUT2D eigenvalue weighted by Gasteiger charge is 2.25. The zero-order valence-corrected chi connectivity index (χ0v) is 16.8. The molecule has 0 radical (unpaired) electrons. The molecular formula is C23H26N4O2. The van der Waals surface area contributed by atoms with E-state index in [9.17, 15) is 4.79 Å². The fraction of sp³-hybridized carbons (Fsp3) is 0.304. The van der Waals surface area contributed by atoms with Crippen molar-refractivity contribution in [2.75, 3.05) is 32.1 Å². The summed E-state index contributed by atoms with van der Waals surface area (Å²) < 4.78 is 7.88. The van der Waals surface area contributed by atoms with Crippen LogP contribution in [0.1, 0.15) is 33.3 Å². The van der Waals surface area contributed by atoms with Crippen LogP contribution in [0.2, 0.25) is 0 Å². The van der Waals surface area contributed by atoms with Crippen LogP contribution < -0.4 is 10.2 Å². The summed E-state index contributed by atoms with van der Waals surface area (Å²) in [5.41, 5.74) is 4.96. The molecule has 0 unspecified atom stereocenters. The highest BCUT2D eigenvalue weighted by atomic mass is 16.5. The van der Waals surface area contributed by atoms with Crippen LogP contribution in [0, 0.1) is 0 Å². The number of rotatable bonds is 6. The van der Waals surface area contributed by atoms with Gasteiger partial charge in [-0.15, -0.1) is 0 Å². The van der Waals surface area contributed by atoms with Gasteiger partial charge in [-0.25, -0.2) is 0 Å². The Labute approximate surface area is 171 Å². The lowest BCUT2D eigenvalue weighted by atomic mass is 10.1. The highest BCUT2D eigenvalue weighted by Crippen LogP contribution is 2.25. The summed E-state index contributed by atoms with van der Waals surface area (Å²) in [5.74, 6) is -0.104. The molecule has 0 saturated carbocycles. The van der Waals surface area contributed by atoms with Gasteiger partial charge in [0.05, 0.1) is 18.8 Å². The van der Waals surface area contributed by atoms with Crippen LogP contribution >= 0.6 is 0 Å². The van der Waals surface area contributed by atoms with Gasteiger partial charge in [0, 0.05) is 38.1 Å². The van der Waals surface area contributed by atoms with Crippen LogP contribution in [0.25, 0.3) is 0 Å². The maximum absolute atomic E-state index is 12.6. The first-order valence-corrected chi connectivity index (χ1v) is 9.87. The van der Waals surface area contributed by atoms with E-state index in [1.807, 2.05) is 66.1 Å². The molecular weight excluding hydrogens is 364 g/mol. The lowest BCUT2D eigenvalue weighted by Crippen LogP contribution is -2.32. The van der Waals surface area contributed by atoms with E-state index in [1.165, 1.54) is 11.1 Å². The van der Waals surface area contributed by atoms with Crippen molar-refractivity contribution in [2.24, 2.45) is 0 Å². The van der Waals surface area contributed by atoms with E-state index in [-0.39, 0.29) is 12.0 Å². The first-order chi connectivity index (χ1) is 14.1. The van der Waals surface area contributed by atoms with Crippen LogP contribution in [0.15, 0.2) is 60.8 Å². The molecule has 1 N–H and O–H groups in total. The van der Waals surface area contributed by atoms with Crippen LogP contribution in [0.4, 0.5) is 5.69 Å². The normalized spacial score (nSPS) is 15.6. The maximum atomic E-state index is 12.6. The Morgan fingerprint density at radius 1 is 1.21 bits per heavy atom. The van der Waals surface area contributed by atoms with Crippen LogP contribution in [0.5, 0.6) is 0 Å². The first-order valence-electron chi connectivity index (χ1n) is 9.87. The summed E-state index contributed by atoms with van der Waals surface area (Å²) in [6.45, 7) is 1.77. The van der Waals surface area contributed by atoms with Crippen molar-refractivity contribution in [1.82, 2.24) is 15.1 Å². The number of hydrogen-bond acceptors (Lipinski definition) is 4. The molecule has 150 valence electrons. The smallest absolute Gasteiger partial charge is 0.251 e. The van der Waals surface area contributed by atoms with Crippen molar-refractivity contribution in [3.8, 4) is 0 Å². The van der Waals surface area contributed by atoms with Gasteiger partial charge in [-0.3, -0.25) is 9.48 Å². The van der Waals surface area contributed by atoms with Crippen LogP contribution in [0.3, 0.4) is 0 Å². The van der Waals surface area contributed by atoms with Gasteiger partial charge in [-0.2, -0.15) is 5.10 Å². The molecule has 0 aliphatic carbocycles. The number of fused-ring (bicyclic) bond motifs is 1. The van der Waals surface area contributed by atoms with Gasteiger partial charge >= 0.3 is 0 Å². The molecule has 6 heteroatoms. The molecule has 0 saturated heterocycles. The largest absolute Gasteiger partial charge is 0.378 e. The number of amides is 1. The third-order valence-electron chi connectivity index (χ3n) is 5.13. The van der Waals surface area contributed by atoms with Crippen molar-refractivity contribution in [1.29, 1.82) is 0 Å². The Balaban J connectivity index is 1.43. The van der Waals surface area contributed by atoms with E-state index < -0.39 is 0 Å². The van der Waals surface area contributed by atoms with Gasteiger partial charge in [-0.1, -0.05) is 36.4 Å². The summed E-state index contributed by atoms with van der Waals surface area (Å²) in [6.07, 6.45) is 2.72. The Morgan fingerprint density at radius 2 is 2.03 bits per heavy atom. The number of anilines is 1. The predicted molar refractivity (Wildman–Crippen MR) is 113 cm³/mol. The monoisotopic (exact) mass is 390 g/mol. The van der Waals surface area contributed by atoms with E-state index >= 15 is 0 Å². The molecule has 0 bridgehead atoms. The van der Waals surface area contributed by atoms with Crippen molar-refractivity contribution in [2.45, 2.75) is 19.1 Å². The van der Waals surface area contributed by atoms with Crippen LogP contribution in [-0.4, -0.2) is 42.9 Å². The SMILES string of the molecule is CN(C)c1cccc(C(=O)NC[C@@H]2OCCc3cn(Cc4ccccc4)nc32)c1. The first kappa shape index (κ1) is 19.2. The molecule has 2 aromatic carbocycles. The zero-order valence-electron chi connectivity index (χ0n) is 16.8. The summed E-state index contributed by atoms with van der Waals surface area (Å²) >= 11 is 0. The molecule has 3 aromatic rings. The van der Waals surface area contributed by atoms with Gasteiger partial charge in [0.1, 0.15) is 6.10 Å². The predicted octanol–water partition coefficient (Wildman–Crippen LogP) is 3.04. The molecule has 0 fully saturated rings. The topological polar surface area (TPSA) is 59.4 Å². The summed E-state index contributed by atoms with van der Waals surface area (Å²) in [7, 11) is 3.92. The molecule has 1 atom stereocenters. The minimum Gasteiger partial charge on any atom is -0.378 e. The molecule has 4 rings (SSSR count). The molecule has 1 aliphatic rings. The molecule has 1 aliphatic heterocycles. The van der Waals surface area contributed by atoms with Gasteiger partial charge in [0.15, 0.2) is 0 Å². The molecule has 29 heavy (non-hydrogen) atoms. The molecule has 0 spiro atoms. The number of aromatic nitrogens is 2. The molecule has 2 heterocycles. The van der Waals surface area contributed by atoms with Gasteiger partial charge in [0.2, 0.25) is 0 Å². The zero-order chi connectivity index (χ0) is 20.2. The van der Waals surface area contributed by atoms with E-state index in [0.717, 1.165) is 24.3 Å². The number of nitrogens with one attached hydrogen (secondary N) is 1. The summed E-state index contributed by atoms with van der Waals surface area (Å²) in [4.78, 5) is 14.6. The van der Waals surface area contributed by atoms with Crippen molar-refractivity contribution in [3.63, 3.8) is 0 Å². The van der Waals surface area contributed by atoms with E-state index in [2.05, 4.69) is 23.6 Å². The fourth-order valence-corrected chi connectivity index (χ4v) is 3.55. The maximum Gasteiger partial charge on any atom is 0.251 e. The molecule has 1 aromatic heterocycles. The summed E-state index contributed by atoms with van der Waals surface area (Å²) in [6, 6.07) is 17.8. The average molecular weight is 390 g/mol. The summed E-state index contributed by atoms with van der Waals surface area (Å²) in [5, 5.41) is 7.75. The number of hydrogen-bond donors (Lipinski definition) is 1. The third-order valence-corrected chi connectivity index (χ3v) is 5.13. The number of nitrogens with zero attached hydrogens (tertiary/aromatic N) is 3. The lowest BCUT2D eigenvalue weighted by molar-refractivity contribution is 0.0383. The number of carbonyl (C=O) groups excluding carboxylic acids is 1. The Hall–Kier alpha value is -3.12. The van der Waals surface area contributed by atoms with Crippen molar-refractivity contribution >= 4 is 11.6 Å². The number of carbonyl (C=O) groups is 1. The van der Waals surface area contributed by atoms with Gasteiger partial charge in [-0.05, 0) is 35.7 Å². The Morgan fingerprint density at radius 3 is 2.83 bits per heavy atom. The second kappa shape index (κ2) is 8.49. The average Bonchev–Trinajstić information content (AvgIpc) is 3.15. The second-order valence-corrected chi connectivity index (χ2v) is 7.49. The van der Waals surface area contributed by atoms with E-state index in [1.54, 1.807) is 0 Å². The molecule has 6 nitrogen and oxygen atoms in total. The fourth-order valence-electron chi connectivity index (χ4n) is 3.55. The second-order valence-electron chi connectivity index (χ2n) is 7.49. The lowest BCUT2D eigenvalue weighted by Gasteiger charge is -2.22. The quantitative estimate of drug-likeness (QED) is 0.703. The van der Waals surface area contributed by atoms with E-state index in [0.29, 0.717) is 18.7 Å². The number of ether oxygens (including phenoxy) is 1. The third kappa shape index (κ3) is 4.49. The van der Waals surface area contributed by atoms with E-state index in [4.69, 9.17) is 9.84 Å². The van der Waals surface area contributed by atoms with Crippen LogP contribution in [-0.2, 0) is 17.7 Å². The standard InChI is InChI=1S/C23H26N4O2/c1-26(2)20-10-6-9-18(13-20)23(28)24-14-21-22-19(11-12-29-21)16-27(25-22)15-17-7-4-3-5-8-17/h3-10,13,16,21H,11-12,14-15H2,1-2H3,(H,24,28)/t21-/m0/s1. The van der Waals surface area contributed by atoms with Crippen molar-refractivity contribution in [3.05, 3.63) is 83.2 Å². The van der Waals surface area contributed by atoms with Gasteiger partial charge < -0.3 is 15.0 Å². The van der Waals surface area contributed by atoms with Crippen molar-refractivity contribution < 1.29 is 9.53 Å². The Bertz CT molecular complexity index is 982. The highest BCUT2D eigenvalue weighted by molar-refractivity contribution is 5.95.